The molecule has 4 rings (SSSR count). The molecule has 5 nitrogen and oxygen atoms in total. The van der Waals surface area contributed by atoms with Crippen LogP contribution in [0.15, 0.2) is 42.5 Å². The van der Waals surface area contributed by atoms with Gasteiger partial charge in [0, 0.05) is 29.1 Å². The minimum Gasteiger partial charge on any atom is -0.481 e. The minimum atomic E-state index is -0.933. The number of aromatic nitrogens is 1. The molecule has 0 saturated heterocycles. The highest BCUT2D eigenvalue weighted by Gasteiger charge is 2.29. The van der Waals surface area contributed by atoms with Crippen molar-refractivity contribution >= 4 is 36.1 Å². The van der Waals surface area contributed by atoms with E-state index in [1.165, 1.54) is 5.56 Å². The van der Waals surface area contributed by atoms with Gasteiger partial charge < -0.3 is 15.0 Å². The van der Waals surface area contributed by atoms with Gasteiger partial charge >= 0.3 is 5.97 Å². The Kier molecular flexibility index (Phi) is 5.41. The first-order valence-corrected chi connectivity index (χ1v) is 10.6. The molecule has 0 bridgehead atoms. The van der Waals surface area contributed by atoms with Gasteiger partial charge in [-0.3, -0.25) is 9.59 Å². The molecule has 2 N–H and O–H groups in total. The second kappa shape index (κ2) is 8.02. The van der Waals surface area contributed by atoms with E-state index in [0.717, 1.165) is 34.8 Å². The molecule has 6 heteroatoms. The first-order chi connectivity index (χ1) is 14.3. The number of fused-ring (bicyclic) bond motifs is 1. The maximum absolute atomic E-state index is 13.2. The Labute approximate surface area is 177 Å². The van der Waals surface area contributed by atoms with Gasteiger partial charge in [0.2, 0.25) is 0 Å². The van der Waals surface area contributed by atoms with Gasteiger partial charge in [-0.15, -0.1) is 0 Å². The summed E-state index contributed by atoms with van der Waals surface area (Å²) in [5, 5.41) is 13.4. The highest BCUT2D eigenvalue weighted by atomic mass is 16.4. The smallest absolute Gasteiger partial charge is 0.307 e. The lowest BCUT2D eigenvalue weighted by atomic mass is 9.93. The second-order valence-corrected chi connectivity index (χ2v) is 8.65. The van der Waals surface area contributed by atoms with Gasteiger partial charge in [0.1, 0.15) is 13.5 Å². The number of hydrogen-bond acceptors (Lipinski definition) is 2. The standard InChI is InChI=1S/C24H27BN2O3/c1-14(2)16-5-3-15(4-6-16)13-27-21-10-7-17(25)11-19(21)20(12-22(28)29)23(27)24(30)26-18-8-9-18/h3-7,10-11,14,18H,8-9,12-13,25H2,1-2H3,(H,26,30)(H,28,29). The number of amides is 1. The molecule has 0 radical (unpaired) electrons. The molecule has 1 saturated carbocycles. The molecule has 1 amide bonds. The summed E-state index contributed by atoms with van der Waals surface area (Å²) in [5.74, 6) is -0.657. The van der Waals surface area contributed by atoms with Crippen molar-refractivity contribution in [3.05, 3.63) is 64.8 Å². The fourth-order valence-corrected chi connectivity index (χ4v) is 3.96. The SMILES string of the molecule is Bc1ccc2c(c1)c(CC(=O)O)c(C(=O)NC1CC1)n2Cc1ccc(C(C)C)cc1. The molecule has 1 heterocycles. The molecule has 154 valence electrons. The van der Waals surface area contributed by atoms with E-state index in [1.54, 1.807) is 0 Å². The van der Waals surface area contributed by atoms with Crippen LogP contribution in [0.5, 0.6) is 0 Å². The van der Waals surface area contributed by atoms with Gasteiger partial charge in [-0.1, -0.05) is 55.7 Å². The van der Waals surface area contributed by atoms with Crippen LogP contribution in [-0.2, 0) is 17.8 Å². The Morgan fingerprint density at radius 2 is 1.87 bits per heavy atom. The Balaban J connectivity index is 1.84. The molecule has 1 fully saturated rings. The third-order valence-corrected chi connectivity index (χ3v) is 5.77. The third-order valence-electron chi connectivity index (χ3n) is 5.77. The molecule has 30 heavy (non-hydrogen) atoms. The van der Waals surface area contributed by atoms with Crippen molar-refractivity contribution in [1.29, 1.82) is 0 Å². The topological polar surface area (TPSA) is 71.3 Å². The average Bonchev–Trinajstić information content (AvgIpc) is 3.46. The molecule has 0 aliphatic heterocycles. The molecule has 3 aromatic rings. The van der Waals surface area contributed by atoms with Gasteiger partial charge in [0.05, 0.1) is 6.42 Å². The van der Waals surface area contributed by atoms with E-state index < -0.39 is 5.97 Å². The monoisotopic (exact) mass is 402 g/mol. The van der Waals surface area contributed by atoms with Crippen molar-refractivity contribution in [2.75, 3.05) is 0 Å². The summed E-state index contributed by atoms with van der Waals surface area (Å²) in [5.41, 5.74) is 5.35. The van der Waals surface area contributed by atoms with Crippen LogP contribution < -0.4 is 10.8 Å². The van der Waals surface area contributed by atoms with Gasteiger partial charge in [0.15, 0.2) is 0 Å². The Morgan fingerprint density at radius 1 is 1.17 bits per heavy atom. The van der Waals surface area contributed by atoms with Gasteiger partial charge in [-0.25, -0.2) is 0 Å². The van der Waals surface area contributed by atoms with E-state index in [9.17, 15) is 14.7 Å². The Bertz CT molecular complexity index is 1110. The van der Waals surface area contributed by atoms with Crippen molar-refractivity contribution in [3.63, 3.8) is 0 Å². The maximum atomic E-state index is 13.2. The summed E-state index contributed by atoms with van der Waals surface area (Å²) < 4.78 is 1.98. The molecular weight excluding hydrogens is 375 g/mol. The van der Waals surface area contributed by atoms with E-state index in [2.05, 4.69) is 43.4 Å². The first kappa shape index (κ1) is 20.3. The van der Waals surface area contributed by atoms with Crippen LogP contribution in [0.3, 0.4) is 0 Å². The van der Waals surface area contributed by atoms with Crippen molar-refractivity contribution < 1.29 is 14.7 Å². The largest absolute Gasteiger partial charge is 0.481 e. The second-order valence-electron chi connectivity index (χ2n) is 8.65. The molecule has 0 atom stereocenters. The van der Waals surface area contributed by atoms with Gasteiger partial charge in [-0.05, 0) is 36.0 Å². The van der Waals surface area contributed by atoms with E-state index in [0.29, 0.717) is 23.7 Å². The number of carboxylic acids is 1. The molecular formula is C24H27BN2O3. The number of carbonyl (C=O) groups is 2. The van der Waals surface area contributed by atoms with Crippen molar-refractivity contribution in [3.8, 4) is 0 Å². The molecule has 1 aliphatic carbocycles. The average molecular weight is 402 g/mol. The normalized spacial score (nSPS) is 13.7. The van der Waals surface area contributed by atoms with E-state index in [-0.39, 0.29) is 18.4 Å². The number of aliphatic carboxylic acids is 1. The van der Waals surface area contributed by atoms with Crippen molar-refractivity contribution in [1.82, 2.24) is 9.88 Å². The summed E-state index contributed by atoms with van der Waals surface area (Å²) in [4.78, 5) is 24.8. The zero-order chi connectivity index (χ0) is 21.4. The number of carbonyl (C=O) groups excluding carboxylic acids is 1. The number of carboxylic acid groups (broad SMARTS) is 1. The number of hydrogen-bond donors (Lipinski definition) is 2. The molecule has 1 aliphatic rings. The molecule has 2 aromatic carbocycles. The van der Waals surface area contributed by atoms with Crippen molar-refractivity contribution in [2.45, 2.75) is 51.6 Å². The highest BCUT2D eigenvalue weighted by molar-refractivity contribution is 6.33. The van der Waals surface area contributed by atoms with E-state index in [4.69, 9.17) is 0 Å². The highest BCUT2D eigenvalue weighted by Crippen LogP contribution is 2.29. The lowest BCUT2D eigenvalue weighted by Crippen LogP contribution is -2.29. The van der Waals surface area contributed by atoms with Crippen LogP contribution in [0.1, 0.15) is 59.8 Å². The fourth-order valence-electron chi connectivity index (χ4n) is 3.96. The Morgan fingerprint density at radius 3 is 2.47 bits per heavy atom. The quantitative estimate of drug-likeness (QED) is 0.597. The van der Waals surface area contributed by atoms with E-state index >= 15 is 0 Å². The lowest BCUT2D eigenvalue weighted by molar-refractivity contribution is -0.136. The number of nitrogens with zero attached hydrogens (tertiary/aromatic N) is 1. The molecule has 1 aromatic heterocycles. The Hall–Kier alpha value is -3.02. The minimum absolute atomic E-state index is 0.174. The zero-order valence-electron chi connectivity index (χ0n) is 17.7. The van der Waals surface area contributed by atoms with Crippen LogP contribution >= 0.6 is 0 Å². The third kappa shape index (κ3) is 4.13. The zero-order valence-corrected chi connectivity index (χ0v) is 17.7. The number of nitrogens with one attached hydrogen (secondary N) is 1. The van der Waals surface area contributed by atoms with Gasteiger partial charge in [0.25, 0.3) is 5.91 Å². The van der Waals surface area contributed by atoms with Gasteiger partial charge in [-0.2, -0.15) is 0 Å². The van der Waals surface area contributed by atoms with Crippen LogP contribution in [0, 0.1) is 0 Å². The van der Waals surface area contributed by atoms with Crippen LogP contribution in [-0.4, -0.2) is 35.4 Å². The van der Waals surface area contributed by atoms with Crippen LogP contribution in [0.25, 0.3) is 10.9 Å². The summed E-state index contributed by atoms with van der Waals surface area (Å²) in [6.07, 6.45) is 1.79. The summed E-state index contributed by atoms with van der Waals surface area (Å²) in [6.45, 7) is 4.84. The maximum Gasteiger partial charge on any atom is 0.307 e. The molecule has 0 spiro atoms. The van der Waals surface area contributed by atoms with E-state index in [1.807, 2.05) is 30.6 Å². The first-order valence-electron chi connectivity index (χ1n) is 10.6. The fraction of sp³-hybridized carbons (Fsp3) is 0.333. The lowest BCUT2D eigenvalue weighted by Gasteiger charge is -2.13. The van der Waals surface area contributed by atoms with Crippen molar-refractivity contribution in [2.24, 2.45) is 0 Å². The number of rotatable bonds is 7. The predicted octanol–water partition coefficient (Wildman–Crippen LogP) is 2.59. The summed E-state index contributed by atoms with van der Waals surface area (Å²) in [7, 11) is 1.98. The predicted molar refractivity (Wildman–Crippen MR) is 122 cm³/mol. The number of benzene rings is 2. The summed E-state index contributed by atoms with van der Waals surface area (Å²) >= 11 is 0. The summed E-state index contributed by atoms with van der Waals surface area (Å²) in [6, 6.07) is 14.6. The molecule has 0 unspecified atom stereocenters. The van der Waals surface area contributed by atoms with Crippen LogP contribution in [0.2, 0.25) is 0 Å². The van der Waals surface area contributed by atoms with Crippen LogP contribution in [0.4, 0.5) is 0 Å².